The normalized spacial score (nSPS) is 19.9. The van der Waals surface area contributed by atoms with Gasteiger partial charge in [0.2, 0.25) is 0 Å². The van der Waals surface area contributed by atoms with Crippen molar-refractivity contribution in [2.75, 3.05) is 26.2 Å². The molecule has 0 saturated carbocycles. The van der Waals surface area contributed by atoms with E-state index in [4.69, 9.17) is 20.4 Å². The van der Waals surface area contributed by atoms with Crippen LogP contribution >= 0.6 is 0 Å². The molecule has 0 amide bonds. The first-order valence-corrected chi connectivity index (χ1v) is 9.89. The largest absolute Gasteiger partial charge is 2.00 e. The fourth-order valence-corrected chi connectivity index (χ4v) is 2.25. The van der Waals surface area contributed by atoms with Gasteiger partial charge in [0.25, 0.3) is 0 Å². The number of aliphatic hydroxyl groups is 4. The molecule has 1 fully saturated rings. The van der Waals surface area contributed by atoms with Gasteiger partial charge in [0.1, 0.15) is 0 Å². The van der Waals surface area contributed by atoms with Crippen LogP contribution in [0.3, 0.4) is 0 Å². The van der Waals surface area contributed by atoms with Gasteiger partial charge in [0, 0.05) is 0 Å². The first kappa shape index (κ1) is 31.7. The van der Waals surface area contributed by atoms with E-state index in [2.05, 4.69) is 22.8 Å². The van der Waals surface area contributed by atoms with Crippen LogP contribution in [0.5, 0.6) is 0 Å². The third-order valence-corrected chi connectivity index (χ3v) is 3.35. The van der Waals surface area contributed by atoms with Crippen molar-refractivity contribution < 1.29 is 37.2 Å². The summed E-state index contributed by atoms with van der Waals surface area (Å²) in [7, 11) is 0. The summed E-state index contributed by atoms with van der Waals surface area (Å²) in [6.45, 7) is 10.9. The summed E-state index contributed by atoms with van der Waals surface area (Å²) in [6.07, 6.45) is 8.94. The van der Waals surface area contributed by atoms with Crippen molar-refractivity contribution >= 4 is 0 Å². The van der Waals surface area contributed by atoms with Gasteiger partial charge >= 0.3 is 16.8 Å². The Labute approximate surface area is 177 Å². The topological polar surface area (TPSA) is 109 Å². The smallest absolute Gasteiger partial charge is 0.662 e. The van der Waals surface area contributed by atoms with Crippen LogP contribution in [-0.4, -0.2) is 71.0 Å². The Bertz CT molecular complexity index is 252. The summed E-state index contributed by atoms with van der Waals surface area (Å²) in [5.41, 5.74) is 0. The second-order valence-corrected chi connectivity index (χ2v) is 6.99. The fraction of sp³-hybridized carbons (Fsp3) is 0.900. The van der Waals surface area contributed by atoms with E-state index in [9.17, 15) is 0 Å². The molecule has 0 aromatic carbocycles. The van der Waals surface area contributed by atoms with Gasteiger partial charge in [-0.1, -0.05) is 31.8 Å². The molecule has 4 atom stereocenters. The number of aliphatic hydroxyl groups excluding tert-OH is 4. The molecule has 0 aromatic rings. The van der Waals surface area contributed by atoms with Gasteiger partial charge in [0.15, 0.2) is 0 Å². The molecule has 0 aromatic heterocycles. The van der Waals surface area contributed by atoms with Crippen LogP contribution in [0.15, 0.2) is 12.2 Å². The maximum absolute atomic E-state index is 8.56. The Morgan fingerprint density at radius 3 is 1.19 bits per heavy atom. The molecule has 1 saturated heterocycles. The van der Waals surface area contributed by atoms with Crippen LogP contribution in [0, 0.1) is 0 Å². The van der Waals surface area contributed by atoms with E-state index in [1.807, 2.05) is 0 Å². The number of hydrogen-bond donors (Lipinski definition) is 4. The molecule has 2 aliphatic rings. The first-order chi connectivity index (χ1) is 12.3. The Morgan fingerprint density at radius 2 is 1.11 bits per heavy atom. The Morgan fingerprint density at radius 1 is 0.667 bits per heavy atom. The standard InChI is InChI=1S/C5H10N.C5H8N.2C5H12O2.Co/c2*1-2-4-6-5-3-1;2*1-4(6)3-5(2)7;/h1-5H2;1-2H,3-5H2;2*4-7H,3H2,1-2H3;/q2*-1;;;+2. The third kappa shape index (κ3) is 37.4. The summed E-state index contributed by atoms with van der Waals surface area (Å²) in [6, 6.07) is 0. The number of hydrogen-bond acceptors (Lipinski definition) is 4. The van der Waals surface area contributed by atoms with E-state index in [1.54, 1.807) is 27.7 Å². The van der Waals surface area contributed by atoms with Crippen molar-refractivity contribution in [2.45, 2.75) is 90.6 Å². The van der Waals surface area contributed by atoms with Gasteiger partial charge < -0.3 is 31.1 Å². The Hall–Kier alpha value is 0.00649. The van der Waals surface area contributed by atoms with Crippen LogP contribution in [0.4, 0.5) is 0 Å². The molecule has 2 aliphatic heterocycles. The van der Waals surface area contributed by atoms with E-state index in [-0.39, 0.29) is 41.2 Å². The third-order valence-electron chi connectivity index (χ3n) is 3.35. The molecule has 1 radical (unpaired) electrons. The minimum Gasteiger partial charge on any atom is -0.662 e. The maximum atomic E-state index is 8.56. The minimum absolute atomic E-state index is 0. The van der Waals surface area contributed by atoms with Crippen molar-refractivity contribution in [1.82, 2.24) is 0 Å². The second-order valence-electron chi connectivity index (χ2n) is 6.99. The van der Waals surface area contributed by atoms with Gasteiger partial charge in [-0.15, -0.1) is 32.3 Å². The van der Waals surface area contributed by atoms with Crippen molar-refractivity contribution in [1.29, 1.82) is 0 Å². The second kappa shape index (κ2) is 24.0. The summed E-state index contributed by atoms with van der Waals surface area (Å²) in [5.74, 6) is 0. The summed E-state index contributed by atoms with van der Waals surface area (Å²) >= 11 is 0. The quantitative estimate of drug-likeness (QED) is 0.511. The Balaban J connectivity index is -0.000000281. The van der Waals surface area contributed by atoms with Crippen molar-refractivity contribution in [3.8, 4) is 0 Å². The van der Waals surface area contributed by atoms with Crippen LogP contribution in [0.2, 0.25) is 0 Å². The molecule has 0 aliphatic carbocycles. The zero-order valence-corrected chi connectivity index (χ0v) is 18.6. The average Bonchev–Trinajstić information content (AvgIpc) is 2.57. The monoisotopic (exact) mass is 433 g/mol. The van der Waals surface area contributed by atoms with Gasteiger partial charge in [-0.3, -0.25) is 0 Å². The molecule has 2 heterocycles. The minimum atomic E-state index is -0.375. The van der Waals surface area contributed by atoms with Crippen molar-refractivity contribution in [3.63, 3.8) is 0 Å². The molecular formula is C20H42CoN2O4. The van der Waals surface area contributed by atoms with Gasteiger partial charge in [-0.25, -0.2) is 0 Å². The van der Waals surface area contributed by atoms with E-state index in [1.165, 1.54) is 19.3 Å². The van der Waals surface area contributed by atoms with Crippen LogP contribution in [0.25, 0.3) is 10.6 Å². The van der Waals surface area contributed by atoms with E-state index >= 15 is 0 Å². The summed E-state index contributed by atoms with van der Waals surface area (Å²) < 4.78 is 0. The molecular weight excluding hydrogens is 391 g/mol. The van der Waals surface area contributed by atoms with Crippen LogP contribution < -0.4 is 0 Å². The van der Waals surface area contributed by atoms with Crippen molar-refractivity contribution in [2.24, 2.45) is 0 Å². The molecule has 0 spiro atoms. The first-order valence-electron chi connectivity index (χ1n) is 9.89. The zero-order chi connectivity index (χ0) is 20.2. The van der Waals surface area contributed by atoms with Crippen LogP contribution in [0.1, 0.15) is 66.2 Å². The van der Waals surface area contributed by atoms with E-state index in [0.29, 0.717) is 12.8 Å². The summed E-state index contributed by atoms with van der Waals surface area (Å²) in [4.78, 5) is 0. The van der Waals surface area contributed by atoms with E-state index < -0.39 is 0 Å². The van der Waals surface area contributed by atoms with Gasteiger partial charge in [0.05, 0.1) is 24.4 Å². The van der Waals surface area contributed by atoms with Gasteiger partial charge in [-0.2, -0.15) is 0 Å². The Kier molecular flexibility index (Phi) is 28.2. The molecule has 27 heavy (non-hydrogen) atoms. The number of nitrogens with zero attached hydrogens (tertiary/aromatic N) is 2. The molecule has 4 N–H and O–H groups in total. The molecule has 165 valence electrons. The SMILES string of the molecule is C1=CC[N-]CC1.C1CC[N-]CC1.CC(O)CC(C)O.CC(O)CC(C)O.[Co+2]. The number of rotatable bonds is 4. The van der Waals surface area contributed by atoms with Crippen LogP contribution in [-0.2, 0) is 16.8 Å². The predicted molar refractivity (Wildman–Crippen MR) is 110 cm³/mol. The summed E-state index contributed by atoms with van der Waals surface area (Å²) in [5, 5.41) is 42.5. The molecule has 2 rings (SSSR count). The fourth-order valence-electron chi connectivity index (χ4n) is 2.25. The average molecular weight is 433 g/mol. The predicted octanol–water partition coefficient (Wildman–Crippen LogP) is 3.14. The zero-order valence-electron chi connectivity index (χ0n) is 17.6. The van der Waals surface area contributed by atoms with E-state index in [0.717, 1.165) is 32.6 Å². The molecule has 4 unspecified atom stereocenters. The molecule has 6 nitrogen and oxygen atoms in total. The molecule has 7 heteroatoms. The molecule has 0 bridgehead atoms. The van der Waals surface area contributed by atoms with Crippen molar-refractivity contribution in [3.05, 3.63) is 22.8 Å². The maximum Gasteiger partial charge on any atom is 2.00 e. The number of piperidine rings is 1. The van der Waals surface area contributed by atoms with Gasteiger partial charge in [-0.05, 0) is 40.5 Å².